The average Bonchev–Trinajstić information content (AvgIpc) is 2.07. The Hall–Kier alpha value is 0.830. The summed E-state index contributed by atoms with van der Waals surface area (Å²) in [6.45, 7) is 1.72. The molecule has 4 heteroatoms. The molecule has 2 nitrogen and oxygen atoms in total. The molecule has 2 atom stereocenters. The van der Waals surface area contributed by atoms with Crippen LogP contribution in [0.4, 0.5) is 0 Å². The van der Waals surface area contributed by atoms with Crippen molar-refractivity contribution in [3.8, 4) is 0 Å². The Morgan fingerprint density at radius 3 is 2.83 bits per heavy atom. The summed E-state index contributed by atoms with van der Waals surface area (Å²) in [5.74, 6) is 0. The number of halogens is 1. The van der Waals surface area contributed by atoms with Gasteiger partial charge in [0.2, 0.25) is 0 Å². The van der Waals surface area contributed by atoms with E-state index in [0.29, 0.717) is 0 Å². The third-order valence-corrected chi connectivity index (χ3v) is 2.20. The molecule has 0 aliphatic carbocycles. The lowest BCUT2D eigenvalue weighted by Crippen LogP contribution is -2.22. The molecule has 0 saturated carbocycles. The minimum atomic E-state index is 0. The number of ether oxygens (including phenoxy) is 2. The van der Waals surface area contributed by atoms with Gasteiger partial charge in [-0.2, -0.15) is 0 Å². The Morgan fingerprint density at radius 1 is 1.42 bits per heavy atom. The average molecular weight is 257 g/mol. The molecule has 0 aromatic rings. The molecule has 1 saturated heterocycles. The van der Waals surface area contributed by atoms with Crippen molar-refractivity contribution in [1.82, 2.24) is 0 Å². The summed E-state index contributed by atoms with van der Waals surface area (Å²) < 4.78 is 10.9. The molecule has 1 rings (SSSR count). The lowest BCUT2D eigenvalue weighted by Gasteiger charge is -2.22. The molecule has 1 aliphatic rings. The van der Waals surface area contributed by atoms with E-state index in [2.05, 4.69) is 9.24 Å². The van der Waals surface area contributed by atoms with Crippen molar-refractivity contribution in [3.63, 3.8) is 0 Å². The molecule has 0 radical (unpaired) electrons. The maximum atomic E-state index is 5.49. The van der Waals surface area contributed by atoms with Crippen LogP contribution in [0, 0.1) is 0 Å². The molecule has 0 bridgehead atoms. The zero-order valence-corrected chi connectivity index (χ0v) is 10.2. The van der Waals surface area contributed by atoms with Crippen LogP contribution in [0.3, 0.4) is 0 Å². The van der Waals surface area contributed by atoms with Gasteiger partial charge >= 0.3 is 0 Å². The normalized spacial score (nSPS) is 23.2. The van der Waals surface area contributed by atoms with Gasteiger partial charge in [-0.1, -0.05) is 0 Å². The third-order valence-electron chi connectivity index (χ3n) is 1.79. The van der Waals surface area contributed by atoms with E-state index >= 15 is 0 Å². The van der Waals surface area contributed by atoms with Crippen LogP contribution in [0.1, 0.15) is 25.7 Å². The second-order valence-corrected chi connectivity index (χ2v) is 3.39. The molecule has 2 unspecified atom stereocenters. The monoisotopic (exact) mass is 256 g/mol. The lowest BCUT2D eigenvalue weighted by molar-refractivity contribution is -0.162. The van der Waals surface area contributed by atoms with Crippen LogP contribution in [-0.2, 0) is 9.47 Å². The molecular weight excluding hydrogens is 239 g/mol. The van der Waals surface area contributed by atoms with Gasteiger partial charge in [0, 0.05) is 6.61 Å². The van der Waals surface area contributed by atoms with E-state index < -0.39 is 0 Å². The summed E-state index contributed by atoms with van der Waals surface area (Å²) in [6, 6.07) is 0. The standard InChI is InChI=1S/C8H17O2P.BrH/c11-7-3-6-10-8-4-1-2-5-9-8;/h8H,1-7,11H2;1H. The van der Waals surface area contributed by atoms with Gasteiger partial charge in [-0.05, 0) is 31.8 Å². The van der Waals surface area contributed by atoms with Crippen molar-refractivity contribution >= 4 is 26.2 Å². The highest BCUT2D eigenvalue weighted by molar-refractivity contribution is 8.93. The van der Waals surface area contributed by atoms with E-state index in [4.69, 9.17) is 9.47 Å². The highest BCUT2D eigenvalue weighted by atomic mass is 79.9. The van der Waals surface area contributed by atoms with E-state index in [1.54, 1.807) is 0 Å². The third kappa shape index (κ3) is 5.47. The molecule has 12 heavy (non-hydrogen) atoms. The zero-order chi connectivity index (χ0) is 7.94. The van der Waals surface area contributed by atoms with Crippen molar-refractivity contribution < 1.29 is 9.47 Å². The van der Waals surface area contributed by atoms with Gasteiger partial charge in [-0.25, -0.2) is 0 Å². The summed E-state index contributed by atoms with van der Waals surface area (Å²) >= 11 is 0. The molecule has 1 aliphatic heterocycles. The van der Waals surface area contributed by atoms with Gasteiger partial charge in [0.1, 0.15) is 0 Å². The quantitative estimate of drug-likeness (QED) is 0.568. The lowest BCUT2D eigenvalue weighted by atomic mass is 10.2. The van der Waals surface area contributed by atoms with Crippen LogP contribution in [0.2, 0.25) is 0 Å². The van der Waals surface area contributed by atoms with E-state index in [0.717, 1.165) is 32.2 Å². The second-order valence-electron chi connectivity index (χ2n) is 2.81. The fourth-order valence-electron chi connectivity index (χ4n) is 1.14. The summed E-state index contributed by atoms with van der Waals surface area (Å²) in [4.78, 5) is 0. The first-order chi connectivity index (χ1) is 5.43. The first kappa shape index (κ1) is 12.8. The highest BCUT2D eigenvalue weighted by Gasteiger charge is 2.12. The topological polar surface area (TPSA) is 18.5 Å². The fraction of sp³-hybridized carbons (Fsp3) is 1.00. The molecule has 0 amide bonds. The van der Waals surface area contributed by atoms with Crippen molar-refractivity contribution in [3.05, 3.63) is 0 Å². The largest absolute Gasteiger partial charge is 0.353 e. The molecule has 0 aromatic heterocycles. The minimum Gasteiger partial charge on any atom is -0.353 e. The van der Waals surface area contributed by atoms with Crippen LogP contribution in [0.5, 0.6) is 0 Å². The van der Waals surface area contributed by atoms with Gasteiger partial charge in [0.15, 0.2) is 6.29 Å². The Morgan fingerprint density at radius 2 is 2.25 bits per heavy atom. The summed E-state index contributed by atoms with van der Waals surface area (Å²) in [5.41, 5.74) is 0. The van der Waals surface area contributed by atoms with Crippen molar-refractivity contribution in [2.75, 3.05) is 19.4 Å². The van der Waals surface area contributed by atoms with Crippen LogP contribution >= 0.6 is 26.2 Å². The summed E-state index contributed by atoms with van der Waals surface area (Å²) in [5, 5.41) is 0. The van der Waals surface area contributed by atoms with E-state index in [1.165, 1.54) is 12.8 Å². The maximum absolute atomic E-state index is 5.49. The van der Waals surface area contributed by atoms with Crippen LogP contribution in [0.15, 0.2) is 0 Å². The van der Waals surface area contributed by atoms with Gasteiger partial charge < -0.3 is 9.47 Å². The van der Waals surface area contributed by atoms with Gasteiger partial charge in [-0.15, -0.1) is 26.2 Å². The SMILES string of the molecule is Br.PCCCOC1CCCCO1. The Kier molecular flexibility index (Phi) is 9.01. The minimum absolute atomic E-state index is 0. The number of rotatable bonds is 4. The van der Waals surface area contributed by atoms with Crippen LogP contribution < -0.4 is 0 Å². The van der Waals surface area contributed by atoms with Crippen LogP contribution in [-0.4, -0.2) is 25.7 Å². The fourth-order valence-corrected chi connectivity index (χ4v) is 1.31. The van der Waals surface area contributed by atoms with Gasteiger partial charge in [0.05, 0.1) is 6.61 Å². The molecule has 0 N–H and O–H groups in total. The Balaban J connectivity index is 0.00000121. The van der Waals surface area contributed by atoms with E-state index in [1.807, 2.05) is 0 Å². The molecule has 0 spiro atoms. The Bertz CT molecular complexity index is 97.1. The van der Waals surface area contributed by atoms with Gasteiger partial charge in [0.25, 0.3) is 0 Å². The number of hydrogen-bond donors (Lipinski definition) is 0. The predicted octanol–water partition coefficient (Wildman–Crippen LogP) is 2.37. The van der Waals surface area contributed by atoms with E-state index in [-0.39, 0.29) is 23.3 Å². The smallest absolute Gasteiger partial charge is 0.157 e. The number of hydrogen-bond acceptors (Lipinski definition) is 2. The van der Waals surface area contributed by atoms with Crippen molar-refractivity contribution in [2.45, 2.75) is 32.0 Å². The first-order valence-corrected chi connectivity index (χ1v) is 5.18. The second kappa shape index (κ2) is 8.43. The zero-order valence-electron chi connectivity index (χ0n) is 7.33. The Labute approximate surface area is 87.4 Å². The summed E-state index contributed by atoms with van der Waals surface area (Å²) in [6.07, 6.45) is 5.86. The first-order valence-electron chi connectivity index (χ1n) is 4.37. The molecular formula is C8H18BrO2P. The molecule has 0 aromatic carbocycles. The molecule has 1 heterocycles. The van der Waals surface area contributed by atoms with Crippen LogP contribution in [0.25, 0.3) is 0 Å². The highest BCUT2D eigenvalue weighted by Crippen LogP contribution is 2.13. The summed E-state index contributed by atoms with van der Waals surface area (Å²) in [7, 11) is 2.70. The van der Waals surface area contributed by atoms with Gasteiger partial charge in [-0.3, -0.25) is 0 Å². The molecule has 74 valence electrons. The predicted molar refractivity (Wildman–Crippen MR) is 59.1 cm³/mol. The van der Waals surface area contributed by atoms with Crippen molar-refractivity contribution in [1.29, 1.82) is 0 Å². The maximum Gasteiger partial charge on any atom is 0.157 e. The van der Waals surface area contributed by atoms with E-state index in [9.17, 15) is 0 Å². The molecule has 1 fully saturated rings. The van der Waals surface area contributed by atoms with Crippen molar-refractivity contribution in [2.24, 2.45) is 0 Å².